The molecule has 1 aromatic rings. The molecule has 1 N–H and O–H groups in total. The topological polar surface area (TPSA) is 73.7 Å². The van der Waals surface area contributed by atoms with Crippen molar-refractivity contribution in [2.75, 3.05) is 32.1 Å². The van der Waals surface area contributed by atoms with Crippen molar-refractivity contribution in [2.45, 2.75) is 6.92 Å². The van der Waals surface area contributed by atoms with E-state index in [1.165, 1.54) is 11.1 Å². The van der Waals surface area contributed by atoms with Crippen LogP contribution in [0.3, 0.4) is 0 Å². The maximum absolute atomic E-state index is 11.8. The third-order valence-corrected chi connectivity index (χ3v) is 3.65. The quantitative estimate of drug-likeness (QED) is 0.890. The predicted octanol–water partition coefficient (Wildman–Crippen LogP) is 0.940. The van der Waals surface area contributed by atoms with Crippen LogP contribution < -0.4 is 4.90 Å². The van der Waals surface area contributed by atoms with E-state index in [1.54, 1.807) is 26.2 Å². The number of hydrogen-bond donors (Lipinski definition) is 1. The number of carboxylic acids is 1. The number of hydrogen-bond acceptors (Lipinski definition) is 4. The van der Waals surface area contributed by atoms with Gasteiger partial charge in [0.2, 0.25) is 0 Å². The normalized spacial score (nSPS) is 21.9. The summed E-state index contributed by atoms with van der Waals surface area (Å²) < 4.78 is 0. The summed E-state index contributed by atoms with van der Waals surface area (Å²) in [5.41, 5.74) is 0.528. The molecule has 2 rings (SSSR count). The Morgan fingerprint density at radius 1 is 1.35 bits per heavy atom. The van der Waals surface area contributed by atoms with Crippen molar-refractivity contribution in [3.05, 3.63) is 23.9 Å². The van der Waals surface area contributed by atoms with Crippen LogP contribution in [0.1, 0.15) is 17.3 Å². The van der Waals surface area contributed by atoms with E-state index in [9.17, 15) is 9.59 Å². The first-order valence-corrected chi connectivity index (χ1v) is 6.55. The minimum absolute atomic E-state index is 0.0948. The van der Waals surface area contributed by atoms with E-state index in [-0.39, 0.29) is 17.7 Å². The average molecular weight is 277 g/mol. The zero-order chi connectivity index (χ0) is 14.9. The molecule has 0 aliphatic carbocycles. The fraction of sp³-hybridized carbons (Fsp3) is 0.500. The number of aromatic nitrogens is 1. The molecule has 1 fully saturated rings. The molecule has 6 heteroatoms. The number of aliphatic carboxylic acids is 1. The van der Waals surface area contributed by atoms with Crippen molar-refractivity contribution in [3.8, 4) is 0 Å². The van der Waals surface area contributed by atoms with Crippen LogP contribution in [0.5, 0.6) is 0 Å². The van der Waals surface area contributed by atoms with E-state index < -0.39 is 5.97 Å². The summed E-state index contributed by atoms with van der Waals surface area (Å²) in [5, 5.41) is 9.13. The molecule has 0 radical (unpaired) electrons. The Bertz CT molecular complexity index is 513. The van der Waals surface area contributed by atoms with E-state index >= 15 is 0 Å². The van der Waals surface area contributed by atoms with Gasteiger partial charge in [-0.2, -0.15) is 0 Å². The summed E-state index contributed by atoms with van der Waals surface area (Å²) in [6.45, 7) is 3.07. The number of amides is 1. The fourth-order valence-corrected chi connectivity index (χ4v) is 2.43. The van der Waals surface area contributed by atoms with Gasteiger partial charge < -0.3 is 14.9 Å². The number of carboxylic acid groups (broad SMARTS) is 1. The van der Waals surface area contributed by atoms with E-state index in [1.807, 2.05) is 11.8 Å². The highest BCUT2D eigenvalue weighted by Crippen LogP contribution is 2.27. The van der Waals surface area contributed by atoms with Crippen LogP contribution >= 0.6 is 0 Å². The molecule has 1 amide bonds. The summed E-state index contributed by atoms with van der Waals surface area (Å²) in [7, 11) is 3.38. The molecule has 0 aromatic carbocycles. The van der Waals surface area contributed by atoms with Gasteiger partial charge in [-0.1, -0.05) is 6.92 Å². The minimum atomic E-state index is -0.764. The number of pyridine rings is 1. The summed E-state index contributed by atoms with van der Waals surface area (Å²) >= 11 is 0. The minimum Gasteiger partial charge on any atom is -0.481 e. The molecule has 0 saturated carbocycles. The lowest BCUT2D eigenvalue weighted by Crippen LogP contribution is -2.24. The number of anilines is 1. The zero-order valence-electron chi connectivity index (χ0n) is 11.9. The van der Waals surface area contributed by atoms with Gasteiger partial charge in [-0.05, 0) is 18.1 Å². The van der Waals surface area contributed by atoms with E-state index in [0.29, 0.717) is 18.7 Å². The zero-order valence-corrected chi connectivity index (χ0v) is 11.9. The molecular weight excluding hydrogens is 258 g/mol. The highest BCUT2D eigenvalue weighted by molar-refractivity contribution is 5.93. The van der Waals surface area contributed by atoms with Crippen LogP contribution in [0.4, 0.5) is 5.82 Å². The largest absolute Gasteiger partial charge is 0.481 e. The standard InChI is InChI=1S/C14H19N3O3/c1-9-7-17(8-11(9)14(19)20)12-5-4-10(6-15-12)13(18)16(2)3/h4-6,9,11H,7-8H2,1-3H3,(H,19,20)/t9-,11-/m1/s1. The summed E-state index contributed by atoms with van der Waals surface area (Å²) in [6, 6.07) is 3.50. The molecule has 2 atom stereocenters. The molecule has 1 saturated heterocycles. The van der Waals surface area contributed by atoms with Crippen LogP contribution in [-0.4, -0.2) is 54.1 Å². The Kier molecular flexibility index (Phi) is 3.92. The maximum atomic E-state index is 11.8. The predicted molar refractivity (Wildman–Crippen MR) is 74.8 cm³/mol. The fourth-order valence-electron chi connectivity index (χ4n) is 2.43. The van der Waals surface area contributed by atoms with Crippen LogP contribution in [0, 0.1) is 11.8 Å². The maximum Gasteiger partial charge on any atom is 0.308 e. The number of nitrogens with zero attached hydrogens (tertiary/aromatic N) is 3. The third-order valence-electron chi connectivity index (χ3n) is 3.65. The lowest BCUT2D eigenvalue weighted by molar-refractivity contribution is -0.142. The SMILES string of the molecule is C[C@@H]1CN(c2ccc(C(=O)N(C)C)cn2)C[C@H]1C(=O)O. The van der Waals surface area contributed by atoms with E-state index in [0.717, 1.165) is 5.82 Å². The molecule has 1 aromatic heterocycles. The van der Waals surface area contributed by atoms with Crippen molar-refractivity contribution >= 4 is 17.7 Å². The van der Waals surface area contributed by atoms with Crippen molar-refractivity contribution in [3.63, 3.8) is 0 Å². The number of carbonyl (C=O) groups excluding carboxylic acids is 1. The molecule has 1 aliphatic rings. The van der Waals surface area contributed by atoms with Crippen molar-refractivity contribution in [2.24, 2.45) is 11.8 Å². The lowest BCUT2D eigenvalue weighted by atomic mass is 9.99. The third kappa shape index (κ3) is 2.74. The van der Waals surface area contributed by atoms with E-state index in [4.69, 9.17) is 5.11 Å². The molecule has 1 aliphatic heterocycles. The van der Waals surface area contributed by atoms with Gasteiger partial charge in [0.1, 0.15) is 5.82 Å². The Balaban J connectivity index is 2.12. The van der Waals surface area contributed by atoms with Crippen molar-refractivity contribution in [1.29, 1.82) is 0 Å². The van der Waals surface area contributed by atoms with E-state index in [2.05, 4.69) is 4.98 Å². The van der Waals surface area contributed by atoms with Gasteiger partial charge in [0.15, 0.2) is 0 Å². The van der Waals surface area contributed by atoms with Gasteiger partial charge in [0.05, 0.1) is 11.5 Å². The Hall–Kier alpha value is -2.11. The number of rotatable bonds is 3. The van der Waals surface area contributed by atoms with Gasteiger partial charge in [0, 0.05) is 33.4 Å². The lowest BCUT2D eigenvalue weighted by Gasteiger charge is -2.17. The molecule has 108 valence electrons. The first kappa shape index (κ1) is 14.3. The van der Waals surface area contributed by atoms with Crippen molar-refractivity contribution < 1.29 is 14.7 Å². The van der Waals surface area contributed by atoms with Crippen LogP contribution in [-0.2, 0) is 4.79 Å². The van der Waals surface area contributed by atoms with Gasteiger partial charge >= 0.3 is 5.97 Å². The molecule has 0 unspecified atom stereocenters. The Morgan fingerprint density at radius 2 is 2.05 bits per heavy atom. The molecule has 0 spiro atoms. The Labute approximate surface area is 118 Å². The van der Waals surface area contributed by atoms with Crippen LogP contribution in [0.25, 0.3) is 0 Å². The molecule has 0 bridgehead atoms. The van der Waals surface area contributed by atoms with Gasteiger partial charge in [0.25, 0.3) is 5.91 Å². The molecular formula is C14H19N3O3. The van der Waals surface area contributed by atoms with Crippen molar-refractivity contribution in [1.82, 2.24) is 9.88 Å². The summed E-state index contributed by atoms with van der Waals surface area (Å²) in [4.78, 5) is 30.6. The molecule has 20 heavy (non-hydrogen) atoms. The summed E-state index contributed by atoms with van der Waals surface area (Å²) in [6.07, 6.45) is 1.54. The van der Waals surface area contributed by atoms with Gasteiger partial charge in [-0.3, -0.25) is 9.59 Å². The highest BCUT2D eigenvalue weighted by Gasteiger charge is 2.35. The highest BCUT2D eigenvalue weighted by atomic mass is 16.4. The first-order chi connectivity index (χ1) is 9.40. The van der Waals surface area contributed by atoms with Gasteiger partial charge in [-0.25, -0.2) is 4.98 Å². The second-order valence-corrected chi connectivity index (χ2v) is 5.43. The second-order valence-electron chi connectivity index (χ2n) is 5.43. The van der Waals surface area contributed by atoms with Crippen LogP contribution in [0.15, 0.2) is 18.3 Å². The van der Waals surface area contributed by atoms with Gasteiger partial charge in [-0.15, -0.1) is 0 Å². The second kappa shape index (κ2) is 5.48. The summed E-state index contributed by atoms with van der Waals surface area (Å²) in [5.74, 6) is -0.408. The van der Waals surface area contributed by atoms with Crippen LogP contribution in [0.2, 0.25) is 0 Å². The molecule has 2 heterocycles. The molecule has 6 nitrogen and oxygen atoms in total. The smallest absolute Gasteiger partial charge is 0.308 e. The number of carbonyl (C=O) groups is 2. The average Bonchev–Trinajstić information content (AvgIpc) is 2.80. The first-order valence-electron chi connectivity index (χ1n) is 6.55. The Morgan fingerprint density at radius 3 is 2.50 bits per heavy atom. The monoisotopic (exact) mass is 277 g/mol.